The van der Waals surface area contributed by atoms with Crippen LogP contribution in [-0.4, -0.2) is 35.9 Å². The molecule has 0 saturated heterocycles. The number of ether oxygens (including phenoxy) is 2. The van der Waals surface area contributed by atoms with E-state index in [-0.39, 0.29) is 18.3 Å². The summed E-state index contributed by atoms with van der Waals surface area (Å²) in [6, 6.07) is 16.5. The van der Waals surface area contributed by atoms with Crippen LogP contribution in [0.25, 0.3) is 11.3 Å². The summed E-state index contributed by atoms with van der Waals surface area (Å²) in [4.78, 5) is 12.2. The third-order valence-corrected chi connectivity index (χ3v) is 4.30. The quantitative estimate of drug-likeness (QED) is 0.506. The minimum Gasteiger partial charge on any atom is -0.494 e. The van der Waals surface area contributed by atoms with Crippen molar-refractivity contribution in [1.82, 2.24) is 15.5 Å². The molecule has 0 unspecified atom stereocenters. The van der Waals surface area contributed by atoms with Crippen LogP contribution in [0, 0.1) is 5.82 Å². The van der Waals surface area contributed by atoms with E-state index >= 15 is 0 Å². The van der Waals surface area contributed by atoms with Crippen LogP contribution in [0.1, 0.15) is 30.1 Å². The van der Waals surface area contributed by atoms with Crippen molar-refractivity contribution in [2.45, 2.75) is 19.8 Å². The number of carbonyl (C=O) groups is 1. The molecule has 1 amide bonds. The monoisotopic (exact) mass is 409 g/mol. The molecule has 0 aliphatic carbocycles. The van der Waals surface area contributed by atoms with Crippen molar-refractivity contribution in [2.75, 3.05) is 19.8 Å². The van der Waals surface area contributed by atoms with Crippen LogP contribution < -0.4 is 14.8 Å². The van der Waals surface area contributed by atoms with E-state index in [9.17, 15) is 9.18 Å². The summed E-state index contributed by atoms with van der Waals surface area (Å²) < 4.78 is 24.1. The van der Waals surface area contributed by atoms with E-state index in [2.05, 4.69) is 22.4 Å². The van der Waals surface area contributed by atoms with Gasteiger partial charge in [-0.1, -0.05) is 13.3 Å². The summed E-state index contributed by atoms with van der Waals surface area (Å²) >= 11 is 0. The van der Waals surface area contributed by atoms with Gasteiger partial charge in [0.15, 0.2) is 0 Å². The molecule has 7 heteroatoms. The highest BCUT2D eigenvalue weighted by Crippen LogP contribution is 2.18. The molecular weight excluding hydrogens is 385 g/mol. The van der Waals surface area contributed by atoms with E-state index in [0.29, 0.717) is 30.3 Å². The summed E-state index contributed by atoms with van der Waals surface area (Å²) in [5.74, 6) is 0.621. The van der Waals surface area contributed by atoms with Gasteiger partial charge in [0.05, 0.1) is 18.8 Å². The zero-order chi connectivity index (χ0) is 21.2. The molecule has 1 heterocycles. The molecule has 0 aliphatic heterocycles. The van der Waals surface area contributed by atoms with Crippen molar-refractivity contribution < 1.29 is 18.7 Å². The molecule has 3 rings (SSSR count). The first kappa shape index (κ1) is 21.2. The van der Waals surface area contributed by atoms with Crippen molar-refractivity contribution in [3.63, 3.8) is 0 Å². The minimum atomic E-state index is -0.301. The molecule has 1 N–H and O–H groups in total. The molecule has 30 heavy (non-hydrogen) atoms. The lowest BCUT2D eigenvalue weighted by molar-refractivity contribution is 0.0946. The summed E-state index contributed by atoms with van der Waals surface area (Å²) in [6.45, 7) is 3.37. The average molecular weight is 409 g/mol. The Hall–Kier alpha value is -3.48. The molecule has 0 radical (unpaired) electrons. The third kappa shape index (κ3) is 6.27. The Kier molecular flexibility index (Phi) is 7.71. The van der Waals surface area contributed by atoms with Crippen molar-refractivity contribution in [2.24, 2.45) is 0 Å². The molecule has 0 bridgehead atoms. The largest absolute Gasteiger partial charge is 0.494 e. The van der Waals surface area contributed by atoms with Gasteiger partial charge >= 0.3 is 0 Å². The molecule has 0 aliphatic rings. The second-order valence-electron chi connectivity index (χ2n) is 6.59. The van der Waals surface area contributed by atoms with Crippen molar-refractivity contribution >= 4 is 5.91 Å². The summed E-state index contributed by atoms with van der Waals surface area (Å²) in [5.41, 5.74) is 1.95. The predicted octanol–water partition coefficient (Wildman–Crippen LogP) is 4.27. The van der Waals surface area contributed by atoms with Gasteiger partial charge < -0.3 is 14.8 Å². The Morgan fingerprint density at radius 2 is 1.70 bits per heavy atom. The first-order valence-electron chi connectivity index (χ1n) is 9.89. The van der Waals surface area contributed by atoms with E-state index in [0.717, 1.165) is 24.2 Å². The molecule has 0 spiro atoms. The highest BCUT2D eigenvalue weighted by molar-refractivity contribution is 5.94. The Morgan fingerprint density at radius 3 is 2.37 bits per heavy atom. The van der Waals surface area contributed by atoms with Gasteiger partial charge in [-0.05, 0) is 61.0 Å². The van der Waals surface area contributed by atoms with Crippen LogP contribution in [0.4, 0.5) is 4.39 Å². The van der Waals surface area contributed by atoms with Gasteiger partial charge in [0, 0.05) is 17.2 Å². The van der Waals surface area contributed by atoms with Gasteiger partial charge in [0.1, 0.15) is 18.2 Å². The molecule has 1 aromatic heterocycles. The first-order valence-corrected chi connectivity index (χ1v) is 9.89. The highest BCUT2D eigenvalue weighted by atomic mass is 19.1. The number of benzene rings is 2. The van der Waals surface area contributed by atoms with E-state index in [4.69, 9.17) is 9.47 Å². The number of rotatable bonds is 10. The fourth-order valence-electron chi connectivity index (χ4n) is 2.63. The fraction of sp³-hybridized carbons (Fsp3) is 0.261. The second kappa shape index (κ2) is 10.9. The maximum absolute atomic E-state index is 13.0. The third-order valence-electron chi connectivity index (χ3n) is 4.30. The number of amides is 1. The molecule has 3 aromatic rings. The number of aromatic nitrogens is 2. The predicted molar refractivity (Wildman–Crippen MR) is 112 cm³/mol. The highest BCUT2D eigenvalue weighted by Gasteiger charge is 2.06. The molecule has 0 atom stereocenters. The zero-order valence-corrected chi connectivity index (χ0v) is 16.8. The van der Waals surface area contributed by atoms with Gasteiger partial charge in [-0.25, -0.2) is 4.39 Å². The Morgan fingerprint density at radius 1 is 0.933 bits per heavy atom. The van der Waals surface area contributed by atoms with Crippen molar-refractivity contribution in [1.29, 1.82) is 0 Å². The topological polar surface area (TPSA) is 73.3 Å². The lowest BCUT2D eigenvalue weighted by atomic mass is 10.1. The molecular formula is C23H24FN3O3. The fourth-order valence-corrected chi connectivity index (χ4v) is 2.63. The van der Waals surface area contributed by atoms with E-state index in [1.54, 1.807) is 48.5 Å². The summed E-state index contributed by atoms with van der Waals surface area (Å²) in [6.07, 6.45) is 2.08. The maximum atomic E-state index is 13.0. The van der Waals surface area contributed by atoms with Crippen LogP contribution in [-0.2, 0) is 0 Å². The number of halogens is 1. The average Bonchev–Trinajstić information content (AvgIpc) is 2.78. The van der Waals surface area contributed by atoms with Crippen LogP contribution in [0.3, 0.4) is 0 Å². The smallest absolute Gasteiger partial charge is 0.251 e. The van der Waals surface area contributed by atoms with Crippen LogP contribution in [0.5, 0.6) is 11.6 Å². The van der Waals surface area contributed by atoms with Gasteiger partial charge in [-0.3, -0.25) is 4.79 Å². The normalized spacial score (nSPS) is 10.5. The van der Waals surface area contributed by atoms with Crippen LogP contribution in [0.15, 0.2) is 60.7 Å². The van der Waals surface area contributed by atoms with E-state index in [1.807, 2.05) is 0 Å². The number of hydrogen-bond donors (Lipinski definition) is 1. The van der Waals surface area contributed by atoms with Gasteiger partial charge in [0.25, 0.3) is 5.91 Å². The van der Waals surface area contributed by atoms with Crippen LogP contribution >= 0.6 is 0 Å². The van der Waals surface area contributed by atoms with E-state index in [1.165, 1.54) is 12.1 Å². The lowest BCUT2D eigenvalue weighted by Gasteiger charge is -2.08. The zero-order valence-electron chi connectivity index (χ0n) is 16.8. The Labute approximate surface area is 175 Å². The molecule has 0 fully saturated rings. The number of carbonyl (C=O) groups excluding carboxylic acids is 1. The van der Waals surface area contributed by atoms with Crippen molar-refractivity contribution in [3.8, 4) is 22.9 Å². The second-order valence-corrected chi connectivity index (χ2v) is 6.59. The minimum absolute atomic E-state index is 0.184. The number of nitrogens with zero attached hydrogens (tertiary/aromatic N) is 2. The van der Waals surface area contributed by atoms with Crippen molar-refractivity contribution in [3.05, 3.63) is 72.0 Å². The van der Waals surface area contributed by atoms with E-state index < -0.39 is 0 Å². The number of nitrogens with one attached hydrogen (secondary N) is 1. The lowest BCUT2D eigenvalue weighted by Crippen LogP contribution is -2.28. The standard InChI is InChI=1S/C23H24FN3O3/c1-2-3-15-29-20-10-6-18(7-11-20)23(28)25-14-16-30-22-13-12-21(26-27-22)17-4-8-19(24)9-5-17/h4-13H,2-3,14-16H2,1H3,(H,25,28). The Bertz CT molecular complexity index is 929. The maximum Gasteiger partial charge on any atom is 0.251 e. The summed E-state index contributed by atoms with van der Waals surface area (Å²) in [7, 11) is 0. The molecule has 156 valence electrons. The molecule has 2 aromatic carbocycles. The van der Waals surface area contributed by atoms with Crippen LogP contribution in [0.2, 0.25) is 0 Å². The molecule has 0 saturated carbocycles. The Balaban J connectivity index is 1.41. The summed E-state index contributed by atoms with van der Waals surface area (Å²) in [5, 5.41) is 10.9. The SMILES string of the molecule is CCCCOc1ccc(C(=O)NCCOc2ccc(-c3ccc(F)cc3)nn2)cc1. The van der Waals surface area contributed by atoms with Gasteiger partial charge in [0.2, 0.25) is 5.88 Å². The first-order chi connectivity index (χ1) is 14.7. The number of hydrogen-bond acceptors (Lipinski definition) is 5. The number of unbranched alkanes of at least 4 members (excludes halogenated alkanes) is 1. The van der Waals surface area contributed by atoms with Gasteiger partial charge in [-0.15, -0.1) is 10.2 Å². The van der Waals surface area contributed by atoms with Gasteiger partial charge in [-0.2, -0.15) is 0 Å². The molecule has 6 nitrogen and oxygen atoms in total.